The minimum Gasteiger partial charge on any atom is -0.322 e. The van der Waals surface area contributed by atoms with Crippen molar-refractivity contribution < 1.29 is 14.0 Å². The van der Waals surface area contributed by atoms with Gasteiger partial charge in [0.2, 0.25) is 0 Å². The molecule has 0 bridgehead atoms. The first-order chi connectivity index (χ1) is 13.5. The number of carbonyl (C=O) groups is 2. The van der Waals surface area contributed by atoms with E-state index in [0.717, 1.165) is 9.13 Å². The van der Waals surface area contributed by atoms with E-state index in [4.69, 9.17) is 0 Å². The molecule has 0 atom stereocenters. The molecule has 0 aromatic heterocycles. The van der Waals surface area contributed by atoms with Gasteiger partial charge in [-0.15, -0.1) is 0 Å². The van der Waals surface area contributed by atoms with Gasteiger partial charge in [0.1, 0.15) is 5.82 Å². The number of halogens is 2. The molecule has 5 nitrogen and oxygen atoms in total. The average molecular weight is 487 g/mol. The standard InChI is InChI=1S/C21H15FIN3O2/c22-19-10-2-1-9-18(19)21(28)25-17-8-4-6-15(12-17)20(27)26-24-13-14-5-3-7-16(23)11-14/h1-13H,(H,25,28)(H,26,27)/b24-13+. The van der Waals surface area contributed by atoms with E-state index < -0.39 is 17.6 Å². The first-order valence-electron chi connectivity index (χ1n) is 8.28. The number of hydrogen-bond acceptors (Lipinski definition) is 3. The van der Waals surface area contributed by atoms with Crippen molar-refractivity contribution in [1.82, 2.24) is 5.43 Å². The molecule has 0 saturated carbocycles. The quantitative estimate of drug-likeness (QED) is 0.317. The maximum Gasteiger partial charge on any atom is 0.271 e. The summed E-state index contributed by atoms with van der Waals surface area (Å²) in [6, 6.07) is 19.7. The Hall–Kier alpha value is -3.07. The second-order valence-electron chi connectivity index (χ2n) is 5.77. The van der Waals surface area contributed by atoms with E-state index in [1.54, 1.807) is 30.5 Å². The fraction of sp³-hybridized carbons (Fsp3) is 0. The molecule has 28 heavy (non-hydrogen) atoms. The molecule has 0 unspecified atom stereocenters. The topological polar surface area (TPSA) is 70.6 Å². The third kappa shape index (κ3) is 5.23. The summed E-state index contributed by atoms with van der Waals surface area (Å²) in [5.41, 5.74) is 3.92. The van der Waals surface area contributed by atoms with Gasteiger partial charge in [-0.3, -0.25) is 9.59 Å². The Balaban J connectivity index is 1.66. The van der Waals surface area contributed by atoms with Crippen molar-refractivity contribution in [3.63, 3.8) is 0 Å². The van der Waals surface area contributed by atoms with E-state index in [0.29, 0.717) is 11.3 Å². The highest BCUT2D eigenvalue weighted by molar-refractivity contribution is 14.1. The van der Waals surface area contributed by atoms with Gasteiger partial charge in [-0.1, -0.05) is 30.3 Å². The molecule has 3 aromatic carbocycles. The molecule has 0 aliphatic carbocycles. The number of hydrazone groups is 1. The van der Waals surface area contributed by atoms with Crippen molar-refractivity contribution >= 4 is 46.3 Å². The van der Waals surface area contributed by atoms with Crippen molar-refractivity contribution in [1.29, 1.82) is 0 Å². The molecule has 3 rings (SSSR count). The zero-order chi connectivity index (χ0) is 19.9. The summed E-state index contributed by atoms with van der Waals surface area (Å²) in [5, 5.41) is 6.53. The van der Waals surface area contributed by atoms with E-state index in [1.807, 2.05) is 24.3 Å². The Bertz CT molecular complexity index is 1050. The van der Waals surface area contributed by atoms with Crippen molar-refractivity contribution in [3.05, 3.63) is 98.9 Å². The van der Waals surface area contributed by atoms with Gasteiger partial charge in [-0.2, -0.15) is 5.10 Å². The van der Waals surface area contributed by atoms with Gasteiger partial charge in [0.15, 0.2) is 0 Å². The van der Waals surface area contributed by atoms with Gasteiger partial charge in [0.25, 0.3) is 11.8 Å². The normalized spacial score (nSPS) is 10.6. The van der Waals surface area contributed by atoms with Crippen molar-refractivity contribution in [2.75, 3.05) is 5.32 Å². The fourth-order valence-corrected chi connectivity index (χ4v) is 2.97. The first-order valence-corrected chi connectivity index (χ1v) is 9.36. The highest BCUT2D eigenvalue weighted by Gasteiger charge is 2.12. The largest absolute Gasteiger partial charge is 0.322 e. The van der Waals surface area contributed by atoms with E-state index >= 15 is 0 Å². The Morgan fingerprint density at radius 3 is 2.50 bits per heavy atom. The second kappa shape index (κ2) is 9.23. The lowest BCUT2D eigenvalue weighted by Gasteiger charge is -2.07. The molecule has 2 amide bonds. The molecular formula is C21H15FIN3O2. The highest BCUT2D eigenvalue weighted by Crippen LogP contribution is 2.14. The van der Waals surface area contributed by atoms with Crippen LogP contribution in [-0.2, 0) is 0 Å². The Labute approximate surface area is 174 Å². The maximum absolute atomic E-state index is 13.7. The predicted molar refractivity (Wildman–Crippen MR) is 115 cm³/mol. The van der Waals surface area contributed by atoms with Gasteiger partial charge >= 0.3 is 0 Å². The van der Waals surface area contributed by atoms with Gasteiger partial charge in [-0.05, 0) is 70.6 Å². The Morgan fingerprint density at radius 2 is 1.71 bits per heavy atom. The van der Waals surface area contributed by atoms with Crippen LogP contribution in [0.4, 0.5) is 10.1 Å². The molecule has 0 heterocycles. The molecule has 0 radical (unpaired) electrons. The number of hydrogen-bond donors (Lipinski definition) is 2. The van der Waals surface area contributed by atoms with Crippen LogP contribution in [0.3, 0.4) is 0 Å². The van der Waals surface area contributed by atoms with Gasteiger partial charge in [-0.25, -0.2) is 9.82 Å². The number of carbonyl (C=O) groups excluding carboxylic acids is 2. The highest BCUT2D eigenvalue weighted by atomic mass is 127. The van der Waals surface area contributed by atoms with Gasteiger partial charge < -0.3 is 5.32 Å². The minimum absolute atomic E-state index is 0.0700. The lowest BCUT2D eigenvalue weighted by Crippen LogP contribution is -2.18. The third-order valence-electron chi connectivity index (χ3n) is 3.73. The van der Waals surface area contributed by atoms with Crippen LogP contribution in [-0.4, -0.2) is 18.0 Å². The zero-order valence-corrected chi connectivity index (χ0v) is 16.7. The molecule has 0 saturated heterocycles. The van der Waals surface area contributed by atoms with Crippen LogP contribution in [0.5, 0.6) is 0 Å². The number of amides is 2. The van der Waals surface area contributed by atoms with Crippen LogP contribution in [0.1, 0.15) is 26.3 Å². The molecule has 7 heteroatoms. The maximum atomic E-state index is 13.7. The van der Waals surface area contributed by atoms with Crippen LogP contribution < -0.4 is 10.7 Å². The van der Waals surface area contributed by atoms with E-state index in [9.17, 15) is 14.0 Å². The summed E-state index contributed by atoms with van der Waals surface area (Å²) < 4.78 is 14.8. The average Bonchev–Trinajstić information content (AvgIpc) is 2.68. The van der Waals surface area contributed by atoms with Crippen molar-refractivity contribution in [2.24, 2.45) is 5.10 Å². The van der Waals surface area contributed by atoms with Gasteiger partial charge in [0.05, 0.1) is 11.8 Å². The number of nitrogens with one attached hydrogen (secondary N) is 2. The SMILES string of the molecule is O=C(N/N=C/c1cccc(I)c1)c1cccc(NC(=O)c2ccccc2F)c1. The van der Waals surface area contributed by atoms with E-state index in [2.05, 4.69) is 38.4 Å². The summed E-state index contributed by atoms with van der Waals surface area (Å²) in [5.74, 6) is -1.63. The summed E-state index contributed by atoms with van der Waals surface area (Å²) in [4.78, 5) is 24.5. The van der Waals surface area contributed by atoms with Crippen LogP contribution in [0, 0.1) is 9.39 Å². The molecule has 0 aliphatic rings. The predicted octanol–water partition coefficient (Wildman–Crippen LogP) is 4.45. The summed E-state index contributed by atoms with van der Waals surface area (Å²) in [6.07, 6.45) is 1.55. The monoisotopic (exact) mass is 487 g/mol. The zero-order valence-electron chi connectivity index (χ0n) is 14.5. The van der Waals surface area contributed by atoms with Crippen LogP contribution in [0.25, 0.3) is 0 Å². The van der Waals surface area contributed by atoms with Crippen LogP contribution in [0.2, 0.25) is 0 Å². The fourth-order valence-electron chi connectivity index (χ4n) is 2.40. The smallest absolute Gasteiger partial charge is 0.271 e. The van der Waals surface area contributed by atoms with Crippen LogP contribution >= 0.6 is 22.6 Å². The van der Waals surface area contributed by atoms with E-state index in [-0.39, 0.29) is 5.56 Å². The lowest BCUT2D eigenvalue weighted by molar-refractivity contribution is 0.0953. The first kappa shape index (κ1) is 19.7. The number of benzene rings is 3. The molecule has 0 aliphatic heterocycles. The second-order valence-corrected chi connectivity index (χ2v) is 7.01. The summed E-state index contributed by atoms with van der Waals surface area (Å²) >= 11 is 2.19. The number of anilines is 1. The lowest BCUT2D eigenvalue weighted by atomic mass is 10.1. The summed E-state index contributed by atoms with van der Waals surface area (Å²) in [7, 11) is 0. The molecule has 0 fully saturated rings. The Kier molecular flexibility index (Phi) is 6.49. The number of rotatable bonds is 5. The summed E-state index contributed by atoms with van der Waals surface area (Å²) in [6.45, 7) is 0. The molecule has 140 valence electrons. The van der Waals surface area contributed by atoms with Crippen molar-refractivity contribution in [3.8, 4) is 0 Å². The molecule has 2 N–H and O–H groups in total. The molecular weight excluding hydrogens is 472 g/mol. The van der Waals surface area contributed by atoms with E-state index in [1.165, 1.54) is 24.3 Å². The van der Waals surface area contributed by atoms with Crippen molar-refractivity contribution in [2.45, 2.75) is 0 Å². The Morgan fingerprint density at radius 1 is 0.929 bits per heavy atom. The van der Waals surface area contributed by atoms with Crippen LogP contribution in [0.15, 0.2) is 77.9 Å². The number of nitrogens with zero attached hydrogens (tertiary/aromatic N) is 1. The minimum atomic E-state index is -0.612. The molecule has 0 spiro atoms. The molecule has 3 aromatic rings. The third-order valence-corrected chi connectivity index (χ3v) is 4.40. The van der Waals surface area contributed by atoms with Gasteiger partial charge in [0, 0.05) is 14.8 Å².